The molecule has 3 aliphatic heterocycles. The molecule has 0 aromatic carbocycles. The van der Waals surface area contributed by atoms with Crippen molar-refractivity contribution in [2.75, 3.05) is 82.3 Å². The summed E-state index contributed by atoms with van der Waals surface area (Å²) in [6, 6.07) is 0. The third-order valence-electron chi connectivity index (χ3n) is 13.0. The highest BCUT2D eigenvalue weighted by molar-refractivity contribution is 8.77. The molecule has 0 aromatic heterocycles. The molecule has 451 valence electrons. The number of hydrogen-bond acceptors (Lipinski definition) is 26. The predicted molar refractivity (Wildman–Crippen MR) is 304 cm³/mol. The number of nitrogens with zero attached hydrogens (tertiary/aromatic N) is 4. The van der Waals surface area contributed by atoms with E-state index in [0.29, 0.717) is 99.8 Å². The summed E-state index contributed by atoms with van der Waals surface area (Å²) in [6.07, 6.45) is 8.54. The Morgan fingerprint density at radius 2 is 0.902 bits per heavy atom. The van der Waals surface area contributed by atoms with Gasteiger partial charge in [0.05, 0.1) is 33.0 Å². The maximum atomic E-state index is 11.9. The van der Waals surface area contributed by atoms with Crippen molar-refractivity contribution in [3.05, 3.63) is 0 Å². The molecule has 1 radical (unpaired) electrons. The summed E-state index contributed by atoms with van der Waals surface area (Å²) < 4.78 is 29.3. The zero-order valence-electron chi connectivity index (χ0n) is 45.6. The van der Waals surface area contributed by atoms with Gasteiger partial charge in [-0.1, -0.05) is 58.4 Å². The minimum Gasteiger partial charge on any atom is -0.465 e. The van der Waals surface area contributed by atoms with E-state index < -0.39 is 47.8 Å². The summed E-state index contributed by atoms with van der Waals surface area (Å²) >= 11 is 3.62. The molecular weight excluding hydrogens is 1170 g/mol. The van der Waals surface area contributed by atoms with Crippen molar-refractivity contribution in [2.24, 2.45) is 35.5 Å². The van der Waals surface area contributed by atoms with Gasteiger partial charge in [0.2, 0.25) is 0 Å². The molecule has 7 rings (SSSR count). The van der Waals surface area contributed by atoms with Crippen LogP contribution in [0.3, 0.4) is 0 Å². The summed E-state index contributed by atoms with van der Waals surface area (Å²) in [6.45, 7) is 3.81. The number of rotatable bonds is 30. The van der Waals surface area contributed by atoms with Crippen LogP contribution in [0, 0.1) is 70.4 Å². The third-order valence-corrected chi connectivity index (χ3v) is 17.9. The molecule has 3 heterocycles. The summed E-state index contributed by atoms with van der Waals surface area (Å²) in [5.41, 5.74) is 0. The van der Waals surface area contributed by atoms with Crippen LogP contribution in [-0.4, -0.2) is 170 Å². The fourth-order valence-corrected chi connectivity index (χ4v) is 12.3. The Kier molecular flexibility index (Phi) is 35.0. The van der Waals surface area contributed by atoms with Gasteiger partial charge < -0.3 is 28.8 Å². The van der Waals surface area contributed by atoms with Gasteiger partial charge in [-0.25, -0.2) is 10.1 Å². The minimum absolute atomic E-state index is 0.0441. The van der Waals surface area contributed by atoms with Gasteiger partial charge in [-0.05, 0) is 86.4 Å². The largest absolute Gasteiger partial charge is 0.560 e. The number of nitriles is 1. The van der Waals surface area contributed by atoms with E-state index >= 15 is 0 Å². The van der Waals surface area contributed by atoms with Crippen LogP contribution in [-0.2, 0) is 76.6 Å². The number of nitrogens with one attached hydrogen (secondary N) is 1. The Morgan fingerprint density at radius 1 is 0.549 bits per heavy atom. The number of amides is 6. The molecule has 0 aromatic rings. The van der Waals surface area contributed by atoms with Crippen molar-refractivity contribution in [1.29, 1.82) is 5.26 Å². The molecule has 4 atom stereocenters. The van der Waals surface area contributed by atoms with E-state index in [2.05, 4.69) is 55.7 Å². The average molecular weight is 1240 g/mol. The molecule has 0 bridgehead atoms. The van der Waals surface area contributed by atoms with Crippen LogP contribution in [0.2, 0.25) is 0 Å². The maximum Gasteiger partial charge on any atom is 0.560 e. The van der Waals surface area contributed by atoms with Crippen molar-refractivity contribution in [2.45, 2.75) is 116 Å². The van der Waals surface area contributed by atoms with Gasteiger partial charge in [-0.15, -0.1) is 36.5 Å². The molecule has 0 spiro atoms. The van der Waals surface area contributed by atoms with Gasteiger partial charge in [0.15, 0.2) is 0 Å². The quantitative estimate of drug-likeness (QED) is 0.0119. The summed E-state index contributed by atoms with van der Waals surface area (Å²) in [4.78, 5) is 127. The highest BCUT2D eigenvalue weighted by Crippen LogP contribution is 2.53. The Hall–Kier alpha value is -4.84. The zero-order valence-corrected chi connectivity index (χ0v) is 49.8. The molecule has 7 aliphatic rings. The first-order valence-corrected chi connectivity index (χ1v) is 32.6. The average Bonchev–Trinajstić information content (AvgIpc) is 4.36. The van der Waals surface area contributed by atoms with E-state index in [-0.39, 0.29) is 73.8 Å². The van der Waals surface area contributed by atoms with Crippen LogP contribution >= 0.6 is 56.0 Å². The number of aliphatic hydroxyl groups is 1. The predicted octanol–water partition coefficient (Wildman–Crippen LogP) is 5.34. The van der Waals surface area contributed by atoms with E-state index in [1.807, 2.05) is 5.97 Å². The van der Waals surface area contributed by atoms with Crippen molar-refractivity contribution < 1.29 is 91.2 Å². The van der Waals surface area contributed by atoms with Gasteiger partial charge >= 0.3 is 24.2 Å². The van der Waals surface area contributed by atoms with E-state index in [4.69, 9.17) is 34.1 Å². The number of aliphatic hydroxyl groups excluding tert-OH is 1. The first-order valence-electron chi connectivity index (χ1n) is 27.2. The molecule has 30 heteroatoms. The van der Waals surface area contributed by atoms with Crippen LogP contribution < -0.4 is 4.72 Å². The number of fused-ring (bicyclic) bond motifs is 2. The molecule has 5 fully saturated rings. The van der Waals surface area contributed by atoms with Crippen molar-refractivity contribution in [3.8, 4) is 29.7 Å². The lowest BCUT2D eigenvalue weighted by atomic mass is 9.82. The second-order valence-corrected chi connectivity index (χ2v) is 24.4. The number of thiol groups is 1. The smallest absolute Gasteiger partial charge is 0.465 e. The summed E-state index contributed by atoms with van der Waals surface area (Å²) in [5.74, 6) is 17.4. The number of carbonyl (C=O) groups excluding carboxylic acids is 10. The maximum absolute atomic E-state index is 11.9. The second-order valence-electron chi connectivity index (χ2n) is 18.7. The highest BCUT2D eigenvalue weighted by atomic mass is 33.1. The molecule has 2 saturated carbocycles. The first-order chi connectivity index (χ1) is 39.8. The number of esters is 2. The Labute approximate surface area is 499 Å². The Morgan fingerprint density at radius 3 is 1.24 bits per heavy atom. The van der Waals surface area contributed by atoms with Crippen LogP contribution in [0.25, 0.3) is 0 Å². The van der Waals surface area contributed by atoms with Crippen molar-refractivity contribution in [3.63, 3.8) is 0 Å². The van der Waals surface area contributed by atoms with Crippen LogP contribution in [0.1, 0.15) is 116 Å². The molecule has 82 heavy (non-hydrogen) atoms. The van der Waals surface area contributed by atoms with Gasteiger partial charge in [-0.2, -0.15) is 4.79 Å². The van der Waals surface area contributed by atoms with E-state index in [0.717, 1.165) is 74.0 Å². The summed E-state index contributed by atoms with van der Waals surface area (Å²) in [5, 5.41) is 17.4. The zero-order chi connectivity index (χ0) is 59.3. The number of imide groups is 3. The number of ether oxygens (including phenoxy) is 5. The number of carbonyl (C=O) groups is 10. The van der Waals surface area contributed by atoms with Crippen LogP contribution in [0.5, 0.6) is 0 Å². The number of hydrogen-bond donors (Lipinski definition) is 3. The lowest BCUT2D eigenvalue weighted by Gasteiger charge is -2.15. The van der Waals surface area contributed by atoms with Gasteiger partial charge in [-0.3, -0.25) is 57.6 Å². The van der Waals surface area contributed by atoms with E-state index in [1.54, 1.807) is 32.4 Å². The fourth-order valence-electron chi connectivity index (χ4n) is 8.88. The molecular formula is C52H71BN5O19S5. The Balaban J connectivity index is 0.000000262. The lowest BCUT2D eigenvalue weighted by molar-refractivity contribution is -0.198. The molecule has 4 aliphatic carbocycles. The number of hydroxylamine groups is 6. The first kappa shape index (κ1) is 69.7. The highest BCUT2D eigenvalue weighted by Gasteiger charge is 2.50. The van der Waals surface area contributed by atoms with Gasteiger partial charge in [0, 0.05) is 113 Å². The third kappa shape index (κ3) is 27.7. The van der Waals surface area contributed by atoms with Gasteiger partial charge in [0.25, 0.3) is 42.7 Å². The minimum atomic E-state index is -1.48. The fraction of sp³-hybridized carbons (Fsp3) is 0.712. The standard InChI is InChI=1S/C23H31NO8S2.C18H28O4S2.C9H8N2O7.C2H4BN2S/c25-20-9-10-21(26)24(20)32-23(28)30-13-15-34-33-14-12-29-11-5-8-22(27)31-16-19-17-6-3-1-2-4-7-18(17)19;19-9-12-23-24-13-11-21-10-5-8-18(20)22-14-17-15-6-3-1-2-4-7-16(15)17;12-5-1-2-6(13)10(5)17-9(16)18-11-7(14)3-4-8(11)15;4-1-3-2-5-6/h17-19H,3-16H2;15-17,19H,3-14H2;1-4H2;5-6H,2H2. The topological polar surface area (TPSA) is 310 Å². The second kappa shape index (κ2) is 41.2. The summed E-state index contributed by atoms with van der Waals surface area (Å²) in [7, 11) is 7.86. The molecule has 24 nitrogen and oxygen atoms in total. The van der Waals surface area contributed by atoms with E-state index in [1.165, 1.54) is 30.9 Å². The van der Waals surface area contributed by atoms with Crippen LogP contribution in [0.4, 0.5) is 9.59 Å². The molecule has 4 unspecified atom stereocenters. The van der Waals surface area contributed by atoms with Crippen LogP contribution in [0.15, 0.2) is 0 Å². The van der Waals surface area contributed by atoms with Crippen molar-refractivity contribution >= 4 is 123 Å². The lowest BCUT2D eigenvalue weighted by Crippen LogP contribution is -2.37. The van der Waals surface area contributed by atoms with Crippen molar-refractivity contribution in [1.82, 2.24) is 19.9 Å². The van der Waals surface area contributed by atoms with E-state index in [9.17, 15) is 47.9 Å². The van der Waals surface area contributed by atoms with Gasteiger partial charge in [0.1, 0.15) is 6.61 Å². The molecule has 2 N–H and O–H groups in total. The normalized spacial score (nSPS) is 21.8. The SMILES string of the molecule is N#C[B]CNS.O=C(CCCOCCSSCCO)OCC1C2CCC#CCCC21.O=C(CCCOCCSSCCOC(=O)ON1C(=O)CCC1=O)OCC1C2CCC#CCCC21.O=C(ON1C(=O)CCC1=O)ON1C(=O)CCC1=O. The monoisotopic (exact) mass is 1240 g/mol. The Bertz CT molecular complexity index is 2190. The molecule has 3 saturated heterocycles. The molecule has 6 amide bonds.